The molecule has 2 N–H and O–H groups in total. The Balaban J connectivity index is 1.68. The summed E-state index contributed by atoms with van der Waals surface area (Å²) in [4.78, 5) is 20.0. The Labute approximate surface area is 124 Å². The lowest BCUT2D eigenvalue weighted by Gasteiger charge is -2.36. The van der Waals surface area contributed by atoms with Gasteiger partial charge in [-0.15, -0.1) is 0 Å². The average molecular weight is 281 g/mol. The van der Waals surface area contributed by atoms with E-state index in [0.717, 1.165) is 32.0 Å². The minimum Gasteiger partial charge on any atom is -0.368 e. The van der Waals surface area contributed by atoms with E-state index in [4.69, 9.17) is 5.73 Å². The van der Waals surface area contributed by atoms with Crippen molar-refractivity contribution in [1.82, 2.24) is 4.98 Å². The third-order valence-electron chi connectivity index (χ3n) is 3.64. The molecule has 1 saturated heterocycles. The average Bonchev–Trinajstić information content (AvgIpc) is 2.56. The molecule has 0 saturated carbocycles. The topological polar surface area (TPSA) is 62.5 Å². The van der Waals surface area contributed by atoms with Crippen LogP contribution in [0.25, 0.3) is 0 Å². The normalized spacial score (nSPS) is 15.0. The molecular formula is C16H17N4O. The highest BCUT2D eigenvalue weighted by Gasteiger charge is 2.18. The van der Waals surface area contributed by atoms with E-state index in [9.17, 15) is 4.79 Å². The van der Waals surface area contributed by atoms with Gasteiger partial charge in [0.25, 0.3) is 5.91 Å². The van der Waals surface area contributed by atoms with Crippen molar-refractivity contribution in [3.05, 3.63) is 54.2 Å². The molecule has 0 atom stereocenters. The summed E-state index contributed by atoms with van der Waals surface area (Å²) in [6.45, 7) is 3.58. The first-order chi connectivity index (χ1) is 10.2. The highest BCUT2D eigenvalue weighted by molar-refractivity contribution is 5.90. The summed E-state index contributed by atoms with van der Waals surface area (Å²) in [6, 6.07) is 16.7. The van der Waals surface area contributed by atoms with Gasteiger partial charge in [-0.2, -0.15) is 0 Å². The molecule has 1 radical (unpaired) electrons. The molecule has 21 heavy (non-hydrogen) atoms. The van der Waals surface area contributed by atoms with E-state index in [1.807, 2.05) is 12.1 Å². The van der Waals surface area contributed by atoms with Crippen molar-refractivity contribution in [2.45, 2.75) is 0 Å². The van der Waals surface area contributed by atoms with E-state index >= 15 is 0 Å². The van der Waals surface area contributed by atoms with Crippen LogP contribution >= 0.6 is 0 Å². The summed E-state index contributed by atoms with van der Waals surface area (Å²) in [5.41, 5.74) is 6.68. The lowest BCUT2D eigenvalue weighted by molar-refractivity contribution is 0.0995. The van der Waals surface area contributed by atoms with Crippen LogP contribution in [-0.2, 0) is 0 Å². The molecule has 1 amide bonds. The van der Waals surface area contributed by atoms with E-state index in [0.29, 0.717) is 0 Å². The fraction of sp³-hybridized carbons (Fsp3) is 0.250. The number of para-hydroxylation sites is 1. The van der Waals surface area contributed by atoms with E-state index in [2.05, 4.69) is 45.1 Å². The lowest BCUT2D eigenvalue weighted by atomic mass is 10.2. The van der Waals surface area contributed by atoms with Crippen molar-refractivity contribution in [3.8, 4) is 0 Å². The van der Waals surface area contributed by atoms with Crippen LogP contribution in [0.3, 0.4) is 0 Å². The van der Waals surface area contributed by atoms with Crippen molar-refractivity contribution in [2.75, 3.05) is 36.0 Å². The molecule has 1 fully saturated rings. The number of carbonyl (C=O) groups is 1. The van der Waals surface area contributed by atoms with Gasteiger partial charge < -0.3 is 15.5 Å². The maximum atomic E-state index is 11.2. The van der Waals surface area contributed by atoms with Crippen LogP contribution in [0.4, 0.5) is 11.5 Å². The van der Waals surface area contributed by atoms with Gasteiger partial charge in [0.2, 0.25) is 0 Å². The zero-order valence-corrected chi connectivity index (χ0v) is 11.7. The summed E-state index contributed by atoms with van der Waals surface area (Å²) >= 11 is 0. The van der Waals surface area contributed by atoms with Crippen LogP contribution in [-0.4, -0.2) is 37.1 Å². The standard InChI is InChI=1S/C16H17N4O/c17-16(21)14-7-4-8-15(18-14)20-11-9-19(10-12-20)13-5-2-1-3-6-13/h1-6,8H,9-12H2,(H2,17,21). The highest BCUT2D eigenvalue weighted by Crippen LogP contribution is 2.18. The molecule has 5 nitrogen and oxygen atoms in total. The molecule has 5 heteroatoms. The molecule has 0 aliphatic carbocycles. The number of pyridine rings is 1. The Morgan fingerprint density at radius 1 is 1.05 bits per heavy atom. The van der Waals surface area contributed by atoms with Gasteiger partial charge in [0.1, 0.15) is 11.5 Å². The van der Waals surface area contributed by atoms with Gasteiger partial charge in [-0.25, -0.2) is 4.98 Å². The molecular weight excluding hydrogens is 264 g/mol. The number of primary amides is 1. The molecule has 0 unspecified atom stereocenters. The highest BCUT2D eigenvalue weighted by atomic mass is 16.1. The number of carbonyl (C=O) groups excluding carboxylic acids is 1. The fourth-order valence-electron chi connectivity index (χ4n) is 2.51. The number of anilines is 2. The van der Waals surface area contributed by atoms with Gasteiger partial charge >= 0.3 is 0 Å². The van der Waals surface area contributed by atoms with Crippen LogP contribution in [0.2, 0.25) is 0 Å². The quantitative estimate of drug-likeness (QED) is 0.921. The van der Waals surface area contributed by atoms with Crippen molar-refractivity contribution in [2.24, 2.45) is 5.73 Å². The molecule has 2 heterocycles. The number of aromatic nitrogens is 1. The summed E-state index contributed by atoms with van der Waals surface area (Å²) in [6.07, 6.45) is 0. The Kier molecular flexibility index (Phi) is 3.73. The van der Waals surface area contributed by atoms with E-state index in [1.54, 1.807) is 6.07 Å². The number of nitrogens with zero attached hydrogens (tertiary/aromatic N) is 3. The van der Waals surface area contributed by atoms with Crippen LogP contribution < -0.4 is 15.5 Å². The second-order valence-electron chi connectivity index (χ2n) is 4.97. The van der Waals surface area contributed by atoms with Crippen LogP contribution in [0.1, 0.15) is 10.5 Å². The summed E-state index contributed by atoms with van der Waals surface area (Å²) < 4.78 is 0. The summed E-state index contributed by atoms with van der Waals surface area (Å²) in [5.74, 6) is 0.245. The van der Waals surface area contributed by atoms with Gasteiger partial charge in [-0.1, -0.05) is 18.2 Å². The Hall–Kier alpha value is -2.56. The SMILES string of the molecule is NC(=O)c1[c]ccc(N2CCN(c3ccccc3)CC2)n1. The minimum atomic E-state index is -0.542. The Morgan fingerprint density at radius 2 is 1.71 bits per heavy atom. The number of benzene rings is 1. The fourth-order valence-corrected chi connectivity index (χ4v) is 2.51. The predicted molar refractivity (Wildman–Crippen MR) is 82.5 cm³/mol. The first-order valence-electron chi connectivity index (χ1n) is 6.97. The summed E-state index contributed by atoms with van der Waals surface area (Å²) in [5, 5.41) is 0. The zero-order valence-electron chi connectivity index (χ0n) is 11.7. The van der Waals surface area contributed by atoms with Crippen molar-refractivity contribution < 1.29 is 4.79 Å². The number of nitrogens with two attached hydrogens (primary N) is 1. The third kappa shape index (κ3) is 2.97. The van der Waals surface area contributed by atoms with Gasteiger partial charge in [0.05, 0.1) is 0 Å². The molecule has 3 rings (SSSR count). The number of rotatable bonds is 3. The van der Waals surface area contributed by atoms with Crippen LogP contribution in [0.5, 0.6) is 0 Å². The molecule has 1 aliphatic rings. The van der Waals surface area contributed by atoms with Gasteiger partial charge in [0.15, 0.2) is 0 Å². The maximum absolute atomic E-state index is 11.2. The molecule has 1 aromatic heterocycles. The summed E-state index contributed by atoms with van der Waals surface area (Å²) in [7, 11) is 0. The zero-order chi connectivity index (χ0) is 14.7. The number of hydrogen-bond acceptors (Lipinski definition) is 4. The van der Waals surface area contributed by atoms with E-state index < -0.39 is 5.91 Å². The first-order valence-corrected chi connectivity index (χ1v) is 6.97. The van der Waals surface area contributed by atoms with Crippen LogP contribution in [0.15, 0.2) is 42.5 Å². The largest absolute Gasteiger partial charge is 0.368 e. The molecule has 1 aliphatic heterocycles. The maximum Gasteiger partial charge on any atom is 0.268 e. The first kappa shape index (κ1) is 13.4. The second-order valence-corrected chi connectivity index (χ2v) is 4.97. The van der Waals surface area contributed by atoms with Gasteiger partial charge in [-0.3, -0.25) is 4.79 Å². The van der Waals surface area contributed by atoms with Gasteiger partial charge in [0, 0.05) is 37.9 Å². The van der Waals surface area contributed by atoms with Crippen LogP contribution in [0, 0.1) is 6.07 Å². The van der Waals surface area contributed by atoms with E-state index in [1.165, 1.54) is 5.69 Å². The monoisotopic (exact) mass is 281 g/mol. The number of piperazine rings is 1. The minimum absolute atomic E-state index is 0.193. The lowest BCUT2D eigenvalue weighted by Crippen LogP contribution is -2.46. The number of amides is 1. The van der Waals surface area contributed by atoms with E-state index in [-0.39, 0.29) is 5.69 Å². The predicted octanol–water partition coefficient (Wildman–Crippen LogP) is 1.31. The number of hydrogen-bond donors (Lipinski definition) is 1. The molecule has 0 bridgehead atoms. The molecule has 0 spiro atoms. The molecule has 107 valence electrons. The third-order valence-corrected chi connectivity index (χ3v) is 3.64. The molecule has 2 aromatic rings. The second kappa shape index (κ2) is 5.83. The van der Waals surface area contributed by atoms with Crippen molar-refractivity contribution >= 4 is 17.4 Å². The van der Waals surface area contributed by atoms with Crippen molar-refractivity contribution in [3.63, 3.8) is 0 Å². The Bertz CT molecular complexity index is 621. The van der Waals surface area contributed by atoms with Crippen molar-refractivity contribution in [1.29, 1.82) is 0 Å². The Morgan fingerprint density at radius 3 is 2.38 bits per heavy atom. The molecule has 1 aromatic carbocycles. The smallest absolute Gasteiger partial charge is 0.268 e. The van der Waals surface area contributed by atoms with Gasteiger partial charge in [-0.05, 0) is 24.3 Å².